The lowest BCUT2D eigenvalue weighted by Gasteiger charge is -2.31. The molecular formula is C18H28N2O3. The second-order valence-electron chi connectivity index (χ2n) is 6.16. The van der Waals surface area contributed by atoms with Crippen LogP contribution in [0.5, 0.6) is 0 Å². The second-order valence-corrected chi connectivity index (χ2v) is 6.16. The number of aliphatic hydroxyl groups is 1. The Kier molecular flexibility index (Phi) is 7.02. The molecule has 0 saturated carbocycles. The fourth-order valence-corrected chi connectivity index (χ4v) is 3.05. The van der Waals surface area contributed by atoms with Crippen molar-refractivity contribution in [3.05, 3.63) is 35.9 Å². The number of carbonyl (C=O) groups excluding carboxylic acids is 1. The summed E-state index contributed by atoms with van der Waals surface area (Å²) < 4.78 is 5.31. The van der Waals surface area contributed by atoms with Crippen molar-refractivity contribution in [2.75, 3.05) is 46.4 Å². The Balaban J connectivity index is 1.87. The van der Waals surface area contributed by atoms with Crippen LogP contribution >= 0.6 is 0 Å². The van der Waals surface area contributed by atoms with E-state index in [1.54, 1.807) is 11.9 Å². The molecule has 5 heteroatoms. The van der Waals surface area contributed by atoms with Crippen molar-refractivity contribution in [2.45, 2.75) is 25.4 Å². The van der Waals surface area contributed by atoms with E-state index >= 15 is 0 Å². The number of nitrogens with zero attached hydrogens (tertiary/aromatic N) is 2. The molecule has 2 atom stereocenters. The molecule has 0 aromatic heterocycles. The summed E-state index contributed by atoms with van der Waals surface area (Å²) in [5, 5.41) is 10.3. The number of benzene rings is 1. The van der Waals surface area contributed by atoms with Crippen LogP contribution in [0, 0.1) is 0 Å². The monoisotopic (exact) mass is 320 g/mol. The van der Waals surface area contributed by atoms with Gasteiger partial charge in [0.1, 0.15) is 0 Å². The lowest BCUT2D eigenvalue weighted by Crippen LogP contribution is -2.45. The van der Waals surface area contributed by atoms with Crippen LogP contribution in [-0.4, -0.2) is 73.4 Å². The van der Waals surface area contributed by atoms with Crippen LogP contribution < -0.4 is 0 Å². The highest BCUT2D eigenvalue weighted by Gasteiger charge is 2.24. The molecule has 0 radical (unpaired) electrons. The van der Waals surface area contributed by atoms with Gasteiger partial charge in [-0.1, -0.05) is 37.3 Å². The third kappa shape index (κ3) is 5.30. The fraction of sp³-hybridized carbons (Fsp3) is 0.611. The molecule has 5 nitrogen and oxygen atoms in total. The van der Waals surface area contributed by atoms with Gasteiger partial charge in [0.25, 0.3) is 0 Å². The molecule has 23 heavy (non-hydrogen) atoms. The van der Waals surface area contributed by atoms with Gasteiger partial charge < -0.3 is 14.7 Å². The van der Waals surface area contributed by atoms with Crippen molar-refractivity contribution < 1.29 is 14.6 Å². The summed E-state index contributed by atoms with van der Waals surface area (Å²) in [6, 6.07) is 9.85. The van der Waals surface area contributed by atoms with Crippen molar-refractivity contribution in [3.8, 4) is 0 Å². The maximum atomic E-state index is 12.7. The van der Waals surface area contributed by atoms with E-state index in [1.165, 1.54) is 0 Å². The first-order valence-electron chi connectivity index (χ1n) is 8.40. The number of hydrogen-bond acceptors (Lipinski definition) is 4. The average molecular weight is 320 g/mol. The first-order chi connectivity index (χ1) is 11.1. The van der Waals surface area contributed by atoms with E-state index in [1.807, 2.05) is 37.3 Å². The first kappa shape index (κ1) is 17.9. The number of ether oxygens (including phenoxy) is 1. The molecule has 1 heterocycles. The molecule has 2 rings (SSSR count). The maximum Gasteiger partial charge on any atom is 0.229 e. The van der Waals surface area contributed by atoms with Gasteiger partial charge in [-0.25, -0.2) is 0 Å². The maximum absolute atomic E-state index is 12.7. The summed E-state index contributed by atoms with van der Waals surface area (Å²) >= 11 is 0. The van der Waals surface area contributed by atoms with Crippen molar-refractivity contribution in [3.63, 3.8) is 0 Å². The Morgan fingerprint density at radius 2 is 1.96 bits per heavy atom. The first-order valence-corrected chi connectivity index (χ1v) is 8.40. The van der Waals surface area contributed by atoms with Gasteiger partial charge in [0, 0.05) is 33.2 Å². The molecule has 1 aromatic carbocycles. The van der Waals surface area contributed by atoms with Gasteiger partial charge in [0.05, 0.1) is 25.2 Å². The molecule has 1 saturated heterocycles. The van der Waals surface area contributed by atoms with Crippen LogP contribution in [0.1, 0.15) is 24.8 Å². The van der Waals surface area contributed by atoms with Crippen LogP contribution in [-0.2, 0) is 9.53 Å². The zero-order valence-electron chi connectivity index (χ0n) is 14.1. The van der Waals surface area contributed by atoms with Crippen molar-refractivity contribution in [1.82, 2.24) is 9.80 Å². The summed E-state index contributed by atoms with van der Waals surface area (Å²) in [4.78, 5) is 16.5. The quantitative estimate of drug-likeness (QED) is 0.823. The minimum Gasteiger partial charge on any atom is -0.390 e. The Hall–Kier alpha value is -1.43. The number of hydrogen-bond donors (Lipinski definition) is 1. The van der Waals surface area contributed by atoms with Crippen molar-refractivity contribution >= 4 is 5.91 Å². The van der Waals surface area contributed by atoms with Crippen molar-refractivity contribution in [1.29, 1.82) is 0 Å². The molecule has 0 spiro atoms. The summed E-state index contributed by atoms with van der Waals surface area (Å²) in [6.45, 7) is 6.09. The highest BCUT2D eigenvalue weighted by molar-refractivity contribution is 5.83. The summed E-state index contributed by atoms with van der Waals surface area (Å²) in [5.41, 5.74) is 1.04. The summed E-state index contributed by atoms with van der Waals surface area (Å²) in [5.74, 6) is -0.0727. The highest BCUT2D eigenvalue weighted by Crippen LogP contribution is 2.21. The average Bonchev–Trinajstić information content (AvgIpc) is 2.57. The lowest BCUT2D eigenvalue weighted by molar-refractivity contribution is -0.133. The number of likely N-dealkylation sites (N-methyl/N-ethyl adjacent to an activating group) is 1. The van der Waals surface area contributed by atoms with E-state index in [9.17, 15) is 9.90 Å². The zero-order valence-corrected chi connectivity index (χ0v) is 14.1. The predicted octanol–water partition coefficient (Wildman–Crippen LogP) is 1.33. The Morgan fingerprint density at radius 1 is 1.30 bits per heavy atom. The van der Waals surface area contributed by atoms with E-state index in [2.05, 4.69) is 4.90 Å². The van der Waals surface area contributed by atoms with Crippen LogP contribution in [0.3, 0.4) is 0 Å². The molecule has 1 aromatic rings. The largest absolute Gasteiger partial charge is 0.390 e. The molecule has 1 fully saturated rings. The number of β-amino-alcohol motifs (C(OH)–C–C–N with tert-alkyl or cyclic N) is 1. The van der Waals surface area contributed by atoms with Crippen LogP contribution in [0.15, 0.2) is 30.3 Å². The molecular weight excluding hydrogens is 292 g/mol. The van der Waals surface area contributed by atoms with E-state index in [0.29, 0.717) is 26.3 Å². The molecule has 0 bridgehead atoms. The molecule has 1 aliphatic heterocycles. The normalized spacial score (nSPS) is 18.4. The number of rotatable bonds is 7. The van der Waals surface area contributed by atoms with E-state index < -0.39 is 6.10 Å². The molecule has 2 unspecified atom stereocenters. The van der Waals surface area contributed by atoms with E-state index in [0.717, 1.165) is 25.1 Å². The molecule has 0 aliphatic carbocycles. The van der Waals surface area contributed by atoms with E-state index in [-0.39, 0.29) is 11.8 Å². The number of amides is 1. The Bertz CT molecular complexity index is 474. The third-order valence-electron chi connectivity index (χ3n) is 4.34. The van der Waals surface area contributed by atoms with Gasteiger partial charge in [-0.05, 0) is 12.0 Å². The zero-order chi connectivity index (χ0) is 16.7. The summed E-state index contributed by atoms with van der Waals surface area (Å²) in [6.07, 6.45) is 0.225. The van der Waals surface area contributed by atoms with Crippen LogP contribution in [0.4, 0.5) is 0 Å². The number of morpholine rings is 1. The van der Waals surface area contributed by atoms with Gasteiger partial charge >= 0.3 is 0 Å². The molecule has 128 valence electrons. The second kappa shape index (κ2) is 9.01. The van der Waals surface area contributed by atoms with E-state index in [4.69, 9.17) is 4.74 Å². The minimum atomic E-state index is -0.532. The molecule has 1 N–H and O–H groups in total. The van der Waals surface area contributed by atoms with Crippen molar-refractivity contribution in [2.24, 2.45) is 0 Å². The molecule has 1 aliphatic rings. The predicted molar refractivity (Wildman–Crippen MR) is 90.4 cm³/mol. The summed E-state index contributed by atoms with van der Waals surface area (Å²) in [7, 11) is 1.77. The third-order valence-corrected chi connectivity index (χ3v) is 4.34. The lowest BCUT2D eigenvalue weighted by atomic mass is 9.95. The van der Waals surface area contributed by atoms with Gasteiger partial charge in [-0.3, -0.25) is 9.69 Å². The molecule has 1 amide bonds. The Morgan fingerprint density at radius 3 is 2.57 bits per heavy atom. The highest BCUT2D eigenvalue weighted by atomic mass is 16.5. The Labute approximate surface area is 138 Å². The smallest absolute Gasteiger partial charge is 0.229 e. The van der Waals surface area contributed by atoms with Gasteiger partial charge in [-0.15, -0.1) is 0 Å². The number of carbonyl (C=O) groups is 1. The van der Waals surface area contributed by atoms with Gasteiger partial charge in [0.15, 0.2) is 0 Å². The minimum absolute atomic E-state index is 0.0692. The topological polar surface area (TPSA) is 53.0 Å². The van der Waals surface area contributed by atoms with Crippen LogP contribution in [0.25, 0.3) is 0 Å². The van der Waals surface area contributed by atoms with Gasteiger partial charge in [0.2, 0.25) is 5.91 Å². The van der Waals surface area contributed by atoms with Gasteiger partial charge in [-0.2, -0.15) is 0 Å². The fourth-order valence-electron chi connectivity index (χ4n) is 3.05. The standard InChI is InChI=1S/C18H28N2O3/c1-3-17(15-7-5-4-6-8-15)18(22)19(2)13-16(21)14-20-9-11-23-12-10-20/h4-8,16-17,21H,3,9-14H2,1-2H3. The number of aliphatic hydroxyl groups excluding tert-OH is 1. The van der Waals surface area contributed by atoms with Crippen LogP contribution in [0.2, 0.25) is 0 Å². The SMILES string of the molecule is CCC(C(=O)N(C)CC(O)CN1CCOCC1)c1ccccc1.